The molecule has 0 saturated heterocycles. The van der Waals surface area contributed by atoms with Crippen LogP contribution in [0.15, 0.2) is 36.5 Å². The molecule has 0 aliphatic carbocycles. The molecular formula is C15H15N3OS. The Kier molecular flexibility index (Phi) is 3.46. The first-order chi connectivity index (χ1) is 9.66. The molecule has 0 saturated carbocycles. The minimum atomic E-state index is -0.683. The summed E-state index contributed by atoms with van der Waals surface area (Å²) in [6, 6.07) is 9.69. The van der Waals surface area contributed by atoms with E-state index in [9.17, 15) is 5.11 Å². The second kappa shape index (κ2) is 5.26. The van der Waals surface area contributed by atoms with E-state index in [2.05, 4.69) is 28.4 Å². The summed E-state index contributed by atoms with van der Waals surface area (Å²) >= 11 is 1.26. The molecule has 0 fully saturated rings. The third-order valence-corrected chi connectivity index (χ3v) is 4.07. The lowest BCUT2D eigenvalue weighted by Crippen LogP contribution is -2.02. The van der Waals surface area contributed by atoms with Crippen LogP contribution in [0.5, 0.6) is 0 Å². The summed E-state index contributed by atoms with van der Waals surface area (Å²) in [4.78, 5) is 5.11. The molecule has 0 aliphatic heterocycles. The molecule has 20 heavy (non-hydrogen) atoms. The third-order valence-electron chi connectivity index (χ3n) is 3.28. The number of hydrogen-bond donors (Lipinski definition) is 1. The second-order valence-corrected chi connectivity index (χ2v) is 5.82. The highest BCUT2D eigenvalue weighted by Crippen LogP contribution is 2.31. The number of aliphatic hydroxyl groups is 1. The van der Waals surface area contributed by atoms with Crippen LogP contribution in [0.1, 0.15) is 42.0 Å². The number of rotatable bonds is 3. The molecule has 1 N–H and O–H groups in total. The van der Waals surface area contributed by atoms with E-state index in [0.29, 0.717) is 0 Å². The molecule has 0 spiro atoms. The maximum absolute atomic E-state index is 10.6. The molecule has 102 valence electrons. The number of fused-ring (bicyclic) bond motifs is 1. The van der Waals surface area contributed by atoms with Gasteiger partial charge in [0.1, 0.15) is 6.10 Å². The van der Waals surface area contributed by atoms with Crippen LogP contribution in [0.4, 0.5) is 0 Å². The standard InChI is InChI=1S/C15H15N3OS/c1-9(2)13-15(20-18-17-13)14(19)11-5-6-12-10(8-11)4-3-7-16-12/h3-9,14,19H,1-2H3. The zero-order valence-electron chi connectivity index (χ0n) is 11.3. The highest BCUT2D eigenvalue weighted by atomic mass is 32.1. The van der Waals surface area contributed by atoms with Gasteiger partial charge in [0, 0.05) is 11.6 Å². The Morgan fingerprint density at radius 2 is 2.05 bits per heavy atom. The monoisotopic (exact) mass is 285 g/mol. The summed E-state index contributed by atoms with van der Waals surface area (Å²) < 4.78 is 3.97. The fourth-order valence-corrected chi connectivity index (χ4v) is 3.03. The Bertz CT molecular complexity index is 739. The molecule has 0 amide bonds. The quantitative estimate of drug-likeness (QED) is 0.802. The molecule has 3 aromatic rings. The topological polar surface area (TPSA) is 58.9 Å². The van der Waals surface area contributed by atoms with Gasteiger partial charge in [0.2, 0.25) is 0 Å². The van der Waals surface area contributed by atoms with E-state index in [1.807, 2.05) is 30.3 Å². The van der Waals surface area contributed by atoms with Crippen molar-refractivity contribution in [2.75, 3.05) is 0 Å². The summed E-state index contributed by atoms with van der Waals surface area (Å²) in [5, 5.41) is 15.7. The predicted molar refractivity (Wildman–Crippen MR) is 79.8 cm³/mol. The van der Waals surface area contributed by atoms with Gasteiger partial charge < -0.3 is 5.11 Å². The molecule has 0 bridgehead atoms. The van der Waals surface area contributed by atoms with Crippen molar-refractivity contribution < 1.29 is 5.11 Å². The molecule has 0 radical (unpaired) electrons. The maximum Gasteiger partial charge on any atom is 0.117 e. The summed E-state index contributed by atoms with van der Waals surface area (Å²) in [7, 11) is 0. The summed E-state index contributed by atoms with van der Waals surface area (Å²) in [5.74, 6) is 0.250. The first kappa shape index (κ1) is 13.1. The van der Waals surface area contributed by atoms with Gasteiger partial charge in [-0.15, -0.1) is 5.10 Å². The normalized spacial score (nSPS) is 13.0. The Labute approximate surface area is 121 Å². The average Bonchev–Trinajstić information content (AvgIpc) is 2.95. The van der Waals surface area contributed by atoms with Crippen molar-refractivity contribution in [3.05, 3.63) is 52.7 Å². The highest BCUT2D eigenvalue weighted by Gasteiger charge is 2.20. The Balaban J connectivity index is 2.03. The van der Waals surface area contributed by atoms with Crippen molar-refractivity contribution in [1.29, 1.82) is 0 Å². The van der Waals surface area contributed by atoms with Gasteiger partial charge in [-0.2, -0.15) is 0 Å². The number of aromatic nitrogens is 3. The van der Waals surface area contributed by atoms with Crippen LogP contribution in [0.2, 0.25) is 0 Å². The molecule has 3 rings (SSSR count). The summed E-state index contributed by atoms with van der Waals surface area (Å²) in [5.41, 5.74) is 2.64. The largest absolute Gasteiger partial charge is 0.383 e. The maximum atomic E-state index is 10.6. The number of hydrogen-bond acceptors (Lipinski definition) is 5. The van der Waals surface area contributed by atoms with Crippen LogP contribution in [-0.4, -0.2) is 19.7 Å². The van der Waals surface area contributed by atoms with Crippen LogP contribution in [0.3, 0.4) is 0 Å². The van der Waals surface area contributed by atoms with Crippen molar-refractivity contribution in [3.63, 3.8) is 0 Å². The van der Waals surface area contributed by atoms with Gasteiger partial charge in [-0.25, -0.2) is 0 Å². The lowest BCUT2D eigenvalue weighted by atomic mass is 10.0. The van der Waals surface area contributed by atoms with Gasteiger partial charge in [-0.05, 0) is 41.2 Å². The van der Waals surface area contributed by atoms with E-state index in [1.54, 1.807) is 6.20 Å². The van der Waals surface area contributed by atoms with Gasteiger partial charge in [0.15, 0.2) is 0 Å². The fraction of sp³-hybridized carbons (Fsp3) is 0.267. The van der Waals surface area contributed by atoms with Gasteiger partial charge in [0.25, 0.3) is 0 Å². The van der Waals surface area contributed by atoms with E-state index < -0.39 is 6.10 Å². The van der Waals surface area contributed by atoms with Gasteiger partial charge in [0.05, 0.1) is 16.1 Å². The SMILES string of the molecule is CC(C)c1nnsc1C(O)c1ccc2ncccc2c1. The number of nitrogens with zero attached hydrogens (tertiary/aromatic N) is 3. The molecule has 4 nitrogen and oxygen atoms in total. The van der Waals surface area contributed by atoms with Crippen molar-refractivity contribution >= 4 is 22.4 Å². The van der Waals surface area contributed by atoms with Gasteiger partial charge in [-0.1, -0.05) is 30.5 Å². The molecular weight excluding hydrogens is 270 g/mol. The minimum absolute atomic E-state index is 0.250. The zero-order chi connectivity index (χ0) is 14.1. The van der Waals surface area contributed by atoms with Crippen LogP contribution in [-0.2, 0) is 0 Å². The van der Waals surface area contributed by atoms with Crippen molar-refractivity contribution in [3.8, 4) is 0 Å². The fourth-order valence-electron chi connectivity index (χ4n) is 2.21. The van der Waals surface area contributed by atoms with Crippen molar-refractivity contribution in [2.24, 2.45) is 0 Å². The number of benzene rings is 1. The second-order valence-electron chi connectivity index (χ2n) is 5.04. The molecule has 0 aliphatic rings. The Morgan fingerprint density at radius 3 is 2.85 bits per heavy atom. The number of pyridine rings is 1. The molecule has 1 atom stereocenters. The zero-order valence-corrected chi connectivity index (χ0v) is 12.1. The van der Waals surface area contributed by atoms with Crippen LogP contribution < -0.4 is 0 Å². The average molecular weight is 285 g/mol. The van der Waals surface area contributed by atoms with E-state index in [-0.39, 0.29) is 5.92 Å². The lowest BCUT2D eigenvalue weighted by molar-refractivity contribution is 0.222. The Hall–Kier alpha value is -1.85. The minimum Gasteiger partial charge on any atom is -0.383 e. The molecule has 2 aromatic heterocycles. The number of aliphatic hydroxyl groups excluding tert-OH is 1. The lowest BCUT2D eigenvalue weighted by Gasteiger charge is -2.12. The third kappa shape index (κ3) is 2.30. The van der Waals surface area contributed by atoms with Crippen molar-refractivity contribution in [2.45, 2.75) is 25.9 Å². The van der Waals surface area contributed by atoms with Crippen molar-refractivity contribution in [1.82, 2.24) is 14.6 Å². The molecule has 5 heteroatoms. The van der Waals surface area contributed by atoms with E-state index in [0.717, 1.165) is 27.0 Å². The molecule has 1 aromatic carbocycles. The molecule has 1 unspecified atom stereocenters. The first-order valence-corrected chi connectivity index (χ1v) is 7.29. The van der Waals surface area contributed by atoms with Gasteiger partial charge >= 0.3 is 0 Å². The van der Waals surface area contributed by atoms with Crippen LogP contribution in [0, 0.1) is 0 Å². The first-order valence-electron chi connectivity index (χ1n) is 6.51. The summed E-state index contributed by atoms with van der Waals surface area (Å²) in [6.45, 7) is 4.11. The van der Waals surface area contributed by atoms with E-state index >= 15 is 0 Å². The predicted octanol–water partition coefficient (Wildman–Crippen LogP) is 3.29. The highest BCUT2D eigenvalue weighted by molar-refractivity contribution is 7.05. The summed E-state index contributed by atoms with van der Waals surface area (Å²) in [6.07, 6.45) is 1.08. The Morgan fingerprint density at radius 1 is 1.20 bits per heavy atom. The van der Waals surface area contributed by atoms with Gasteiger partial charge in [-0.3, -0.25) is 4.98 Å². The van der Waals surface area contributed by atoms with E-state index in [1.165, 1.54) is 11.5 Å². The molecule has 2 heterocycles. The smallest absolute Gasteiger partial charge is 0.117 e. The van der Waals surface area contributed by atoms with Crippen LogP contribution >= 0.6 is 11.5 Å². The van der Waals surface area contributed by atoms with Crippen LogP contribution in [0.25, 0.3) is 10.9 Å². The van der Waals surface area contributed by atoms with E-state index in [4.69, 9.17) is 0 Å².